The minimum Gasteiger partial charge on any atom is -0.326 e. The zero-order valence-corrected chi connectivity index (χ0v) is 16.5. The summed E-state index contributed by atoms with van der Waals surface area (Å²) in [5.41, 5.74) is 0.967. The topological polar surface area (TPSA) is 95.6 Å². The van der Waals surface area contributed by atoms with E-state index in [1.165, 1.54) is 11.2 Å². The summed E-state index contributed by atoms with van der Waals surface area (Å²) in [4.78, 5) is 23.6. The zero-order chi connectivity index (χ0) is 19.3. The number of benzene rings is 1. The first kappa shape index (κ1) is 20.7. The van der Waals surface area contributed by atoms with Gasteiger partial charge in [0, 0.05) is 25.7 Å². The van der Waals surface area contributed by atoms with E-state index in [1.807, 2.05) is 6.92 Å². The van der Waals surface area contributed by atoms with E-state index < -0.39 is 15.9 Å². The van der Waals surface area contributed by atoms with E-state index in [1.54, 1.807) is 18.2 Å². The van der Waals surface area contributed by atoms with E-state index in [0.29, 0.717) is 42.2 Å². The highest BCUT2D eigenvalue weighted by Gasteiger charge is 2.32. The van der Waals surface area contributed by atoms with Crippen molar-refractivity contribution >= 4 is 44.8 Å². The molecule has 2 amide bonds. The Morgan fingerprint density at radius 2 is 2.04 bits per heavy atom. The first-order valence-electron chi connectivity index (χ1n) is 8.58. The van der Waals surface area contributed by atoms with Crippen molar-refractivity contribution in [2.75, 3.05) is 29.5 Å². The number of anilines is 2. The first-order valence-corrected chi connectivity index (χ1v) is 10.6. The Labute approximate surface area is 159 Å². The molecule has 9 heteroatoms. The number of rotatable bonds is 6. The Bertz CT molecular complexity index is 782. The van der Waals surface area contributed by atoms with Gasteiger partial charge in [0.2, 0.25) is 21.8 Å². The summed E-state index contributed by atoms with van der Waals surface area (Å²) in [5, 5.41) is 5.68. The van der Waals surface area contributed by atoms with E-state index in [2.05, 4.69) is 10.6 Å². The van der Waals surface area contributed by atoms with Crippen molar-refractivity contribution in [3.63, 3.8) is 0 Å². The molecular weight excluding hydrogens is 378 g/mol. The number of nitrogens with one attached hydrogen (secondary N) is 2. The molecule has 2 rings (SSSR count). The average molecular weight is 402 g/mol. The van der Waals surface area contributed by atoms with Crippen molar-refractivity contribution in [2.24, 2.45) is 5.92 Å². The van der Waals surface area contributed by atoms with Crippen LogP contribution < -0.4 is 10.6 Å². The van der Waals surface area contributed by atoms with Gasteiger partial charge in [0.1, 0.15) is 0 Å². The van der Waals surface area contributed by atoms with Gasteiger partial charge < -0.3 is 10.6 Å². The number of hydrogen-bond donors (Lipinski definition) is 2. The average Bonchev–Trinajstić information content (AvgIpc) is 2.57. The minimum atomic E-state index is -3.31. The lowest BCUT2D eigenvalue weighted by molar-refractivity contribution is -0.121. The summed E-state index contributed by atoms with van der Waals surface area (Å²) < 4.78 is 25.9. The van der Waals surface area contributed by atoms with E-state index in [-0.39, 0.29) is 24.1 Å². The third-order valence-electron chi connectivity index (χ3n) is 4.16. The van der Waals surface area contributed by atoms with E-state index in [9.17, 15) is 18.0 Å². The molecule has 144 valence electrons. The molecule has 1 fully saturated rings. The number of halogens is 1. The molecule has 0 spiro atoms. The summed E-state index contributed by atoms with van der Waals surface area (Å²) in [6.45, 7) is 3.86. The fraction of sp³-hybridized carbons (Fsp3) is 0.529. The van der Waals surface area contributed by atoms with Gasteiger partial charge in [-0.3, -0.25) is 9.59 Å². The van der Waals surface area contributed by atoms with E-state index >= 15 is 0 Å². The summed E-state index contributed by atoms with van der Waals surface area (Å²) >= 11 is 6.17. The SMILES string of the molecule is CCCS(=O)(=O)N1CCCC(C(=O)Nc2ccc(NC(C)=O)cc2Cl)C1. The van der Waals surface area contributed by atoms with Gasteiger partial charge >= 0.3 is 0 Å². The number of carbonyl (C=O) groups excluding carboxylic acids is 2. The summed E-state index contributed by atoms with van der Waals surface area (Å²) in [5.74, 6) is -0.789. The fourth-order valence-corrected chi connectivity index (χ4v) is 4.74. The molecular formula is C17H24ClN3O4S. The number of sulfonamides is 1. The van der Waals surface area contributed by atoms with Crippen molar-refractivity contribution in [1.29, 1.82) is 0 Å². The summed E-state index contributed by atoms with van der Waals surface area (Å²) in [6, 6.07) is 4.80. The maximum absolute atomic E-state index is 12.6. The normalized spacial score (nSPS) is 18.3. The van der Waals surface area contributed by atoms with E-state index in [4.69, 9.17) is 11.6 Å². The van der Waals surface area contributed by atoms with Crippen LogP contribution in [0.15, 0.2) is 18.2 Å². The van der Waals surface area contributed by atoms with Gasteiger partial charge in [-0.15, -0.1) is 0 Å². The van der Waals surface area contributed by atoms with Gasteiger partial charge in [0.05, 0.1) is 22.4 Å². The predicted octanol–water partition coefficient (Wildman–Crippen LogP) is 2.69. The second-order valence-corrected chi connectivity index (χ2v) is 8.87. The maximum atomic E-state index is 12.6. The van der Waals surface area contributed by atoms with Crippen LogP contribution >= 0.6 is 11.6 Å². The third-order valence-corrected chi connectivity index (χ3v) is 6.51. The smallest absolute Gasteiger partial charge is 0.228 e. The molecule has 0 bridgehead atoms. The summed E-state index contributed by atoms with van der Waals surface area (Å²) in [6.07, 6.45) is 1.83. The Morgan fingerprint density at radius 3 is 2.65 bits per heavy atom. The van der Waals surface area contributed by atoms with Crippen LogP contribution in [0.5, 0.6) is 0 Å². The third kappa shape index (κ3) is 5.43. The highest BCUT2D eigenvalue weighted by molar-refractivity contribution is 7.89. The largest absolute Gasteiger partial charge is 0.326 e. The highest BCUT2D eigenvalue weighted by Crippen LogP contribution is 2.27. The van der Waals surface area contributed by atoms with Crippen molar-refractivity contribution in [2.45, 2.75) is 33.1 Å². The molecule has 0 saturated carbocycles. The molecule has 1 aromatic rings. The van der Waals surface area contributed by atoms with Crippen LogP contribution in [-0.4, -0.2) is 43.4 Å². The van der Waals surface area contributed by atoms with Crippen molar-refractivity contribution in [3.05, 3.63) is 23.2 Å². The van der Waals surface area contributed by atoms with Crippen molar-refractivity contribution < 1.29 is 18.0 Å². The molecule has 0 radical (unpaired) electrons. The van der Waals surface area contributed by atoms with Gasteiger partial charge in [0.25, 0.3) is 0 Å². The van der Waals surface area contributed by atoms with Crippen LogP contribution in [-0.2, 0) is 19.6 Å². The summed E-state index contributed by atoms with van der Waals surface area (Å²) in [7, 11) is -3.31. The van der Waals surface area contributed by atoms with Crippen LogP contribution in [0.3, 0.4) is 0 Å². The molecule has 7 nitrogen and oxygen atoms in total. The van der Waals surface area contributed by atoms with Gasteiger partial charge in [-0.1, -0.05) is 18.5 Å². The van der Waals surface area contributed by atoms with Crippen LogP contribution in [0, 0.1) is 5.92 Å². The van der Waals surface area contributed by atoms with Gasteiger partial charge in [-0.05, 0) is 37.5 Å². The Kier molecular flexibility index (Phi) is 7.02. The molecule has 1 aliphatic heterocycles. The Morgan fingerprint density at radius 1 is 1.31 bits per heavy atom. The maximum Gasteiger partial charge on any atom is 0.228 e. The number of piperidine rings is 1. The number of hydrogen-bond acceptors (Lipinski definition) is 4. The quantitative estimate of drug-likeness (QED) is 0.765. The van der Waals surface area contributed by atoms with Crippen LogP contribution in [0.2, 0.25) is 5.02 Å². The lowest BCUT2D eigenvalue weighted by Gasteiger charge is -2.31. The number of nitrogens with zero attached hydrogens (tertiary/aromatic N) is 1. The standard InChI is InChI=1S/C17H24ClN3O4S/c1-3-9-26(24,25)21-8-4-5-13(11-21)17(23)20-16-7-6-14(10-15(16)18)19-12(2)22/h6-7,10,13H,3-5,8-9,11H2,1-2H3,(H,19,22)(H,20,23). The highest BCUT2D eigenvalue weighted by atomic mass is 35.5. The molecule has 1 aliphatic rings. The fourth-order valence-electron chi connectivity index (χ4n) is 2.93. The minimum absolute atomic E-state index is 0.0950. The van der Waals surface area contributed by atoms with Crippen LogP contribution in [0.25, 0.3) is 0 Å². The lowest BCUT2D eigenvalue weighted by atomic mass is 9.98. The molecule has 0 aliphatic carbocycles. The molecule has 0 aromatic heterocycles. The molecule has 1 unspecified atom stereocenters. The molecule has 1 aromatic carbocycles. The predicted molar refractivity (Wildman–Crippen MR) is 103 cm³/mol. The van der Waals surface area contributed by atoms with Gasteiger partial charge in [0.15, 0.2) is 0 Å². The molecule has 1 atom stereocenters. The zero-order valence-electron chi connectivity index (χ0n) is 14.9. The number of amides is 2. The Hall–Kier alpha value is -1.64. The van der Waals surface area contributed by atoms with Gasteiger partial charge in [-0.2, -0.15) is 0 Å². The number of carbonyl (C=O) groups is 2. The van der Waals surface area contributed by atoms with Crippen LogP contribution in [0.1, 0.15) is 33.1 Å². The van der Waals surface area contributed by atoms with Gasteiger partial charge in [-0.25, -0.2) is 12.7 Å². The molecule has 26 heavy (non-hydrogen) atoms. The van der Waals surface area contributed by atoms with E-state index in [0.717, 1.165) is 0 Å². The second kappa shape index (κ2) is 8.83. The molecule has 2 N–H and O–H groups in total. The lowest BCUT2D eigenvalue weighted by Crippen LogP contribution is -2.44. The monoisotopic (exact) mass is 401 g/mol. The van der Waals surface area contributed by atoms with Crippen molar-refractivity contribution in [3.8, 4) is 0 Å². The molecule has 1 heterocycles. The molecule has 1 saturated heterocycles. The van der Waals surface area contributed by atoms with Crippen LogP contribution in [0.4, 0.5) is 11.4 Å². The van der Waals surface area contributed by atoms with Crippen molar-refractivity contribution in [1.82, 2.24) is 4.31 Å². The first-order chi connectivity index (χ1) is 12.2. The second-order valence-electron chi connectivity index (χ2n) is 6.38. The Balaban J connectivity index is 2.04.